The molecule has 2 rings (SSSR count). The maximum absolute atomic E-state index is 3.63. The minimum absolute atomic E-state index is 0.776. The smallest absolute Gasteiger partial charge is 0.0121 e. The molecule has 0 spiro atoms. The van der Waals surface area contributed by atoms with Crippen molar-refractivity contribution in [3.8, 4) is 0 Å². The standard InChI is InChI=1S/C15H29N/c1-10-7-11(2)9-14(8-10)15(16-4)12(3)13-5-6-13/h10-16H,5-9H2,1-4H3. The summed E-state index contributed by atoms with van der Waals surface area (Å²) in [7, 11) is 2.17. The van der Waals surface area contributed by atoms with Gasteiger partial charge < -0.3 is 5.32 Å². The van der Waals surface area contributed by atoms with E-state index in [2.05, 4.69) is 33.1 Å². The van der Waals surface area contributed by atoms with Gasteiger partial charge in [-0.25, -0.2) is 0 Å². The van der Waals surface area contributed by atoms with Crippen LogP contribution >= 0.6 is 0 Å². The van der Waals surface area contributed by atoms with Gasteiger partial charge in [0.15, 0.2) is 0 Å². The Labute approximate surface area is 101 Å². The molecule has 16 heavy (non-hydrogen) atoms. The maximum Gasteiger partial charge on any atom is 0.0121 e. The molecule has 1 N–H and O–H groups in total. The van der Waals surface area contributed by atoms with Gasteiger partial charge >= 0.3 is 0 Å². The molecule has 0 aromatic carbocycles. The molecular weight excluding hydrogens is 194 g/mol. The van der Waals surface area contributed by atoms with Crippen molar-refractivity contribution < 1.29 is 0 Å². The highest BCUT2D eigenvalue weighted by Gasteiger charge is 2.38. The summed E-state index contributed by atoms with van der Waals surface area (Å²) in [5.41, 5.74) is 0. The van der Waals surface area contributed by atoms with Gasteiger partial charge in [-0.15, -0.1) is 0 Å². The van der Waals surface area contributed by atoms with Crippen LogP contribution in [0.25, 0.3) is 0 Å². The lowest BCUT2D eigenvalue weighted by Crippen LogP contribution is -2.43. The molecule has 1 heteroatoms. The second-order valence-corrected chi connectivity index (χ2v) is 6.69. The fourth-order valence-electron chi connectivity index (χ4n) is 4.15. The molecule has 0 aromatic rings. The van der Waals surface area contributed by atoms with Crippen LogP contribution in [0.4, 0.5) is 0 Å². The Hall–Kier alpha value is -0.0400. The first kappa shape index (κ1) is 12.4. The van der Waals surface area contributed by atoms with Gasteiger partial charge in [0.2, 0.25) is 0 Å². The van der Waals surface area contributed by atoms with Crippen LogP contribution in [-0.2, 0) is 0 Å². The van der Waals surface area contributed by atoms with Crippen molar-refractivity contribution in [3.05, 3.63) is 0 Å². The molecule has 0 aliphatic heterocycles. The summed E-state index contributed by atoms with van der Waals surface area (Å²) < 4.78 is 0. The molecule has 0 radical (unpaired) electrons. The van der Waals surface area contributed by atoms with Crippen LogP contribution in [0.5, 0.6) is 0 Å². The molecule has 4 unspecified atom stereocenters. The van der Waals surface area contributed by atoms with Gasteiger partial charge in [0.1, 0.15) is 0 Å². The zero-order valence-corrected chi connectivity index (χ0v) is 11.5. The van der Waals surface area contributed by atoms with Gasteiger partial charge in [0, 0.05) is 6.04 Å². The van der Waals surface area contributed by atoms with Gasteiger partial charge in [0.05, 0.1) is 0 Å². The van der Waals surface area contributed by atoms with E-state index < -0.39 is 0 Å². The van der Waals surface area contributed by atoms with E-state index in [0.29, 0.717) is 0 Å². The van der Waals surface area contributed by atoms with E-state index in [1.807, 2.05) is 0 Å². The minimum Gasteiger partial charge on any atom is -0.316 e. The molecule has 4 atom stereocenters. The van der Waals surface area contributed by atoms with Gasteiger partial charge in [0.25, 0.3) is 0 Å². The highest BCUT2D eigenvalue weighted by atomic mass is 14.9. The third-order valence-electron chi connectivity index (χ3n) is 4.99. The van der Waals surface area contributed by atoms with E-state index in [-0.39, 0.29) is 0 Å². The Balaban J connectivity index is 1.96. The van der Waals surface area contributed by atoms with Crippen LogP contribution in [0.3, 0.4) is 0 Å². The molecule has 2 aliphatic rings. The van der Waals surface area contributed by atoms with Crippen LogP contribution in [0, 0.1) is 29.6 Å². The Morgan fingerprint density at radius 1 is 0.938 bits per heavy atom. The molecule has 0 saturated heterocycles. The van der Waals surface area contributed by atoms with Gasteiger partial charge in [-0.3, -0.25) is 0 Å². The lowest BCUT2D eigenvalue weighted by molar-refractivity contribution is 0.145. The largest absolute Gasteiger partial charge is 0.316 e. The van der Waals surface area contributed by atoms with Crippen molar-refractivity contribution in [2.45, 2.75) is 58.9 Å². The average Bonchev–Trinajstić information content (AvgIpc) is 2.99. The Morgan fingerprint density at radius 2 is 1.50 bits per heavy atom. The third kappa shape index (κ3) is 2.80. The SMILES string of the molecule is CNC(C1CC(C)CC(C)C1)C(C)C1CC1. The fourth-order valence-corrected chi connectivity index (χ4v) is 4.15. The summed E-state index contributed by atoms with van der Waals surface area (Å²) in [6.07, 6.45) is 7.32. The van der Waals surface area contributed by atoms with E-state index in [0.717, 1.165) is 35.6 Å². The van der Waals surface area contributed by atoms with E-state index in [1.54, 1.807) is 0 Å². The second kappa shape index (κ2) is 5.08. The van der Waals surface area contributed by atoms with Crippen molar-refractivity contribution >= 4 is 0 Å². The maximum atomic E-state index is 3.63. The van der Waals surface area contributed by atoms with Crippen LogP contribution in [0.1, 0.15) is 52.9 Å². The van der Waals surface area contributed by atoms with Gasteiger partial charge in [-0.1, -0.05) is 20.8 Å². The van der Waals surface area contributed by atoms with Crippen molar-refractivity contribution in [3.63, 3.8) is 0 Å². The summed E-state index contributed by atoms with van der Waals surface area (Å²) in [5.74, 6) is 4.74. The lowest BCUT2D eigenvalue weighted by Gasteiger charge is -2.39. The van der Waals surface area contributed by atoms with E-state index in [9.17, 15) is 0 Å². The normalized spacial score (nSPS) is 39.4. The monoisotopic (exact) mass is 223 g/mol. The van der Waals surface area contributed by atoms with Crippen molar-refractivity contribution in [1.29, 1.82) is 0 Å². The fraction of sp³-hybridized carbons (Fsp3) is 1.00. The van der Waals surface area contributed by atoms with Crippen LogP contribution in [-0.4, -0.2) is 13.1 Å². The summed E-state index contributed by atoms with van der Waals surface area (Å²) in [6.45, 7) is 7.36. The molecule has 2 saturated carbocycles. The summed E-state index contributed by atoms with van der Waals surface area (Å²) in [5, 5.41) is 3.63. The Bertz CT molecular complexity index is 211. The molecule has 94 valence electrons. The highest BCUT2D eigenvalue weighted by molar-refractivity contribution is 4.92. The Kier molecular flexibility index (Phi) is 3.94. The van der Waals surface area contributed by atoms with Crippen LogP contribution < -0.4 is 5.32 Å². The predicted octanol–water partition coefficient (Wildman–Crippen LogP) is 3.69. The molecule has 0 amide bonds. The van der Waals surface area contributed by atoms with Crippen molar-refractivity contribution in [1.82, 2.24) is 5.32 Å². The average molecular weight is 223 g/mol. The van der Waals surface area contributed by atoms with E-state index in [1.165, 1.54) is 32.1 Å². The van der Waals surface area contributed by atoms with Gasteiger partial charge in [-0.05, 0) is 68.7 Å². The summed E-state index contributed by atoms with van der Waals surface area (Å²) >= 11 is 0. The van der Waals surface area contributed by atoms with Crippen LogP contribution in [0.2, 0.25) is 0 Å². The van der Waals surface area contributed by atoms with E-state index in [4.69, 9.17) is 0 Å². The first-order valence-electron chi connectivity index (χ1n) is 7.29. The van der Waals surface area contributed by atoms with Crippen LogP contribution in [0.15, 0.2) is 0 Å². The number of nitrogens with one attached hydrogen (secondary N) is 1. The third-order valence-corrected chi connectivity index (χ3v) is 4.99. The summed E-state index contributed by atoms with van der Waals surface area (Å²) in [6, 6.07) is 0.776. The number of hydrogen-bond acceptors (Lipinski definition) is 1. The minimum atomic E-state index is 0.776. The van der Waals surface area contributed by atoms with Crippen molar-refractivity contribution in [2.75, 3.05) is 7.05 Å². The topological polar surface area (TPSA) is 12.0 Å². The molecule has 2 aliphatic carbocycles. The molecule has 0 heterocycles. The summed E-state index contributed by atoms with van der Waals surface area (Å²) in [4.78, 5) is 0. The molecule has 0 aromatic heterocycles. The van der Waals surface area contributed by atoms with Gasteiger partial charge in [-0.2, -0.15) is 0 Å². The molecule has 0 bridgehead atoms. The van der Waals surface area contributed by atoms with E-state index >= 15 is 0 Å². The first-order valence-corrected chi connectivity index (χ1v) is 7.29. The highest BCUT2D eigenvalue weighted by Crippen LogP contribution is 2.43. The zero-order valence-electron chi connectivity index (χ0n) is 11.5. The lowest BCUT2D eigenvalue weighted by atomic mass is 9.70. The first-order chi connectivity index (χ1) is 7.61. The van der Waals surface area contributed by atoms with Crippen molar-refractivity contribution in [2.24, 2.45) is 29.6 Å². The second-order valence-electron chi connectivity index (χ2n) is 6.69. The molecule has 2 fully saturated rings. The molecule has 1 nitrogen and oxygen atoms in total. The quantitative estimate of drug-likeness (QED) is 0.766. The predicted molar refractivity (Wildman–Crippen MR) is 70.4 cm³/mol. The zero-order chi connectivity index (χ0) is 11.7. The number of rotatable bonds is 4. The molecular formula is C15H29N. The number of hydrogen-bond donors (Lipinski definition) is 1. The Morgan fingerprint density at radius 3 is 1.94 bits per heavy atom.